The molecule has 0 fully saturated rings. The second-order valence-electron chi connectivity index (χ2n) is 7.55. The maximum atomic E-state index is 2.58. The van der Waals surface area contributed by atoms with Crippen LogP contribution < -0.4 is 2.89 Å². The number of rotatable bonds is 11. The minimum absolute atomic E-state index is 0.552. The van der Waals surface area contributed by atoms with Gasteiger partial charge in [-0.2, -0.15) is 0 Å². The monoisotopic (exact) mass is 450 g/mol. The van der Waals surface area contributed by atoms with Gasteiger partial charge < -0.3 is 0 Å². The molecule has 0 aliphatic rings. The Bertz CT molecular complexity index is 396. The average molecular weight is 449 g/mol. The van der Waals surface area contributed by atoms with E-state index in [4.69, 9.17) is 0 Å². The summed E-state index contributed by atoms with van der Waals surface area (Å²) in [7, 11) is -0.552. The van der Waals surface area contributed by atoms with E-state index in [9.17, 15) is 0 Å². The van der Waals surface area contributed by atoms with Gasteiger partial charge in [0.05, 0.1) is 0 Å². The van der Waals surface area contributed by atoms with Gasteiger partial charge in [0.2, 0.25) is 0 Å². The average Bonchev–Trinajstić information content (AvgIpc) is 2.97. The van der Waals surface area contributed by atoms with Crippen molar-refractivity contribution in [3.8, 4) is 0 Å². The van der Waals surface area contributed by atoms with Crippen LogP contribution in [0.5, 0.6) is 0 Å². The molecule has 22 heavy (non-hydrogen) atoms. The normalized spacial score (nSPS) is 13.5. The number of thiophene rings is 1. The predicted octanol–water partition coefficient (Wildman–Crippen LogP) is 6.86. The Balaban J connectivity index is 3.10. The molecule has 0 amide bonds. The third kappa shape index (κ3) is 6.05. The van der Waals surface area contributed by atoms with Gasteiger partial charge in [0.1, 0.15) is 0 Å². The molecule has 3 heteroatoms. The maximum absolute atomic E-state index is 2.58. The van der Waals surface area contributed by atoms with Crippen LogP contribution in [0, 0.1) is 0 Å². The van der Waals surface area contributed by atoms with Crippen LogP contribution in [0.2, 0.25) is 13.3 Å². The van der Waals surface area contributed by atoms with Crippen LogP contribution in [-0.2, 0) is 0 Å². The Morgan fingerprint density at radius 1 is 0.818 bits per heavy atom. The quantitative estimate of drug-likeness (QED) is 0.324. The van der Waals surface area contributed by atoms with Crippen molar-refractivity contribution in [1.82, 2.24) is 0 Å². The van der Waals surface area contributed by atoms with Gasteiger partial charge in [0, 0.05) is 0 Å². The first-order chi connectivity index (χ1) is 10.4. The summed E-state index contributed by atoms with van der Waals surface area (Å²) in [6.45, 7) is 7.11. The minimum atomic E-state index is -2.15. The van der Waals surface area contributed by atoms with Gasteiger partial charge in [-0.15, -0.1) is 0 Å². The summed E-state index contributed by atoms with van der Waals surface area (Å²) in [5, 5.41) is 0. The number of hydrogen-bond donors (Lipinski definition) is 0. The molecule has 1 aromatic rings. The summed E-state index contributed by atoms with van der Waals surface area (Å²) >= 11 is 0.0828. The Kier molecular flexibility index (Phi) is 9.48. The summed E-state index contributed by atoms with van der Waals surface area (Å²) in [6, 6.07) is 5.07. The zero-order valence-corrected chi connectivity index (χ0v) is 20.3. The van der Waals surface area contributed by atoms with Crippen molar-refractivity contribution in [3.05, 3.63) is 12.1 Å². The van der Waals surface area contributed by atoms with Crippen LogP contribution in [0.1, 0.15) is 59.3 Å². The van der Waals surface area contributed by atoms with Crippen LogP contribution in [0.3, 0.4) is 0 Å². The zero-order chi connectivity index (χ0) is 16.6. The van der Waals surface area contributed by atoms with Gasteiger partial charge in [0.25, 0.3) is 0 Å². The van der Waals surface area contributed by atoms with E-state index in [1.807, 2.05) is 2.89 Å². The molecule has 0 bridgehead atoms. The van der Waals surface area contributed by atoms with E-state index in [1.165, 1.54) is 38.5 Å². The first-order valence-electron chi connectivity index (χ1n) is 9.18. The molecule has 0 nitrogen and oxygen atoms in total. The molecule has 1 heterocycles. The second-order valence-corrected chi connectivity index (χ2v) is 27.2. The van der Waals surface area contributed by atoms with E-state index in [1.54, 1.807) is 17.5 Å². The van der Waals surface area contributed by atoms with Gasteiger partial charge in [-0.05, 0) is 0 Å². The number of hydrogen-bond acceptors (Lipinski definition) is 1. The first-order valence-corrected chi connectivity index (χ1v) is 20.3. The zero-order valence-electron chi connectivity index (χ0n) is 15.8. The third-order valence-corrected chi connectivity index (χ3v) is 27.0. The SMILES string of the molecule is CCC[CH2][Sn]([CH2]CCC)([CH2]CCC)[c]1ccc(S(C)(C)C)s1. The van der Waals surface area contributed by atoms with Gasteiger partial charge in [-0.25, -0.2) is 0 Å². The standard InChI is InChI=1S/C7H11S2.3C4H9.Sn/c1-9(2,3)7-5-4-6-8-7;3*1-3-4-2;/h4-5H,1-3H3;3*1,3-4H2,2H3;. The molecule has 0 saturated carbocycles. The molecule has 130 valence electrons. The van der Waals surface area contributed by atoms with E-state index < -0.39 is 28.4 Å². The summed E-state index contributed by atoms with van der Waals surface area (Å²) in [6.07, 6.45) is 15.9. The van der Waals surface area contributed by atoms with Gasteiger partial charge in [-0.3, -0.25) is 0 Å². The molecular formula is C19H38S2Sn. The predicted molar refractivity (Wildman–Crippen MR) is 112 cm³/mol. The number of unbranched alkanes of at least 4 members (excludes halogenated alkanes) is 3. The second kappa shape index (κ2) is 9.98. The fourth-order valence-electron chi connectivity index (χ4n) is 3.22. The fraction of sp³-hybridized carbons (Fsp3) is 0.789. The van der Waals surface area contributed by atoms with Gasteiger partial charge in [-0.1, -0.05) is 0 Å². The van der Waals surface area contributed by atoms with Crippen LogP contribution in [0.25, 0.3) is 0 Å². The molecule has 0 aliphatic heterocycles. The van der Waals surface area contributed by atoms with Crippen molar-refractivity contribution >= 4 is 42.6 Å². The Labute approximate surface area is 149 Å². The van der Waals surface area contributed by atoms with Gasteiger partial charge in [0.15, 0.2) is 0 Å². The fourth-order valence-corrected chi connectivity index (χ4v) is 25.5. The molecule has 0 unspecified atom stereocenters. The molecule has 0 spiro atoms. The summed E-state index contributed by atoms with van der Waals surface area (Å²) < 4.78 is 8.40. The van der Waals surface area contributed by atoms with Crippen molar-refractivity contribution in [2.75, 3.05) is 18.8 Å². The van der Waals surface area contributed by atoms with Crippen LogP contribution >= 0.6 is 21.4 Å². The van der Waals surface area contributed by atoms with Gasteiger partial charge >= 0.3 is 150 Å². The Hall–Kier alpha value is 0.849. The molecular weight excluding hydrogens is 411 g/mol. The molecule has 1 rings (SSSR count). The molecule has 0 saturated heterocycles. The molecule has 0 N–H and O–H groups in total. The van der Waals surface area contributed by atoms with E-state index >= 15 is 0 Å². The van der Waals surface area contributed by atoms with E-state index in [2.05, 4.69) is 63.0 Å². The van der Waals surface area contributed by atoms with Crippen LogP contribution in [0.15, 0.2) is 16.3 Å². The van der Waals surface area contributed by atoms with Crippen molar-refractivity contribution < 1.29 is 0 Å². The Morgan fingerprint density at radius 3 is 1.59 bits per heavy atom. The van der Waals surface area contributed by atoms with E-state index in [-0.39, 0.29) is 0 Å². The van der Waals surface area contributed by atoms with Crippen LogP contribution in [-0.4, -0.2) is 37.1 Å². The van der Waals surface area contributed by atoms with Crippen molar-refractivity contribution in [3.63, 3.8) is 0 Å². The van der Waals surface area contributed by atoms with Crippen LogP contribution in [0.4, 0.5) is 0 Å². The van der Waals surface area contributed by atoms with Crippen molar-refractivity contribution in [2.24, 2.45) is 0 Å². The topological polar surface area (TPSA) is 0 Å². The molecule has 0 aromatic carbocycles. The molecule has 0 atom stereocenters. The molecule has 1 aromatic heterocycles. The third-order valence-electron chi connectivity index (χ3n) is 4.73. The van der Waals surface area contributed by atoms with E-state index in [0.29, 0.717) is 0 Å². The van der Waals surface area contributed by atoms with Crippen molar-refractivity contribution in [1.29, 1.82) is 0 Å². The van der Waals surface area contributed by atoms with Crippen molar-refractivity contribution in [2.45, 2.75) is 76.8 Å². The summed E-state index contributed by atoms with van der Waals surface area (Å²) in [5.74, 6) is 0. The Morgan fingerprint density at radius 2 is 1.27 bits per heavy atom. The summed E-state index contributed by atoms with van der Waals surface area (Å²) in [5.41, 5.74) is 0. The molecule has 0 radical (unpaired) electrons. The van der Waals surface area contributed by atoms with E-state index in [0.717, 1.165) is 0 Å². The summed E-state index contributed by atoms with van der Waals surface area (Å²) in [4.78, 5) is 0. The first kappa shape index (κ1) is 20.9. The molecule has 0 aliphatic carbocycles.